The average molecular weight is 328 g/mol. The van der Waals surface area contributed by atoms with Gasteiger partial charge in [-0.25, -0.2) is 9.59 Å². The maximum atomic E-state index is 12.3. The van der Waals surface area contributed by atoms with Gasteiger partial charge in [0.2, 0.25) is 0 Å². The molecule has 0 saturated heterocycles. The molecule has 0 heterocycles. The number of methoxy groups -OCH3 is 1. The van der Waals surface area contributed by atoms with Crippen LogP contribution in [0.25, 0.3) is 10.8 Å². The average Bonchev–Trinajstić information content (AvgIpc) is 2.60. The molecular weight excluding hydrogens is 308 g/mol. The van der Waals surface area contributed by atoms with Crippen LogP contribution in [0.15, 0.2) is 54.6 Å². The Bertz CT molecular complexity index is 745. The number of hydrogen-bond acceptors (Lipinski definition) is 5. The standard InChI is InChI=1S/C19H20O5/c1-13(2)18(20)23-11-15(22-3)12-24-19(21)17-10-6-8-14-7-4-5-9-16(14)17/h4-10,15H,1,11-12H2,2-3H3. The van der Waals surface area contributed by atoms with Gasteiger partial charge in [0.1, 0.15) is 19.3 Å². The third-order valence-corrected chi connectivity index (χ3v) is 3.49. The van der Waals surface area contributed by atoms with Crippen molar-refractivity contribution in [3.63, 3.8) is 0 Å². The van der Waals surface area contributed by atoms with Crippen molar-refractivity contribution in [3.8, 4) is 0 Å². The third-order valence-electron chi connectivity index (χ3n) is 3.49. The van der Waals surface area contributed by atoms with E-state index in [0.29, 0.717) is 11.1 Å². The molecular formula is C19H20O5. The molecule has 2 aromatic rings. The van der Waals surface area contributed by atoms with Gasteiger partial charge in [0, 0.05) is 12.7 Å². The summed E-state index contributed by atoms with van der Waals surface area (Å²) in [6.45, 7) is 5.04. The van der Waals surface area contributed by atoms with E-state index in [1.54, 1.807) is 19.1 Å². The lowest BCUT2D eigenvalue weighted by molar-refractivity contribution is -0.143. The number of esters is 2. The molecule has 1 atom stereocenters. The topological polar surface area (TPSA) is 61.8 Å². The number of fused-ring (bicyclic) bond motifs is 1. The molecule has 0 aliphatic heterocycles. The number of carbonyl (C=O) groups excluding carboxylic acids is 2. The fourth-order valence-electron chi connectivity index (χ4n) is 2.13. The Balaban J connectivity index is 1.98. The monoisotopic (exact) mass is 328 g/mol. The van der Waals surface area contributed by atoms with E-state index in [-0.39, 0.29) is 13.2 Å². The minimum Gasteiger partial charge on any atom is -0.459 e. The second-order valence-corrected chi connectivity index (χ2v) is 5.36. The van der Waals surface area contributed by atoms with Crippen LogP contribution in [0.3, 0.4) is 0 Å². The van der Waals surface area contributed by atoms with Crippen LogP contribution in [0.2, 0.25) is 0 Å². The second kappa shape index (κ2) is 8.26. The van der Waals surface area contributed by atoms with E-state index in [4.69, 9.17) is 14.2 Å². The van der Waals surface area contributed by atoms with Gasteiger partial charge in [-0.15, -0.1) is 0 Å². The first kappa shape index (κ1) is 17.7. The number of ether oxygens (including phenoxy) is 3. The van der Waals surface area contributed by atoms with Crippen LogP contribution in [-0.2, 0) is 19.0 Å². The van der Waals surface area contributed by atoms with E-state index in [9.17, 15) is 9.59 Å². The zero-order chi connectivity index (χ0) is 17.5. The van der Waals surface area contributed by atoms with E-state index in [1.165, 1.54) is 7.11 Å². The minimum atomic E-state index is -0.535. The van der Waals surface area contributed by atoms with Gasteiger partial charge in [0.25, 0.3) is 0 Å². The van der Waals surface area contributed by atoms with E-state index in [1.807, 2.05) is 30.3 Å². The first-order valence-electron chi connectivity index (χ1n) is 7.53. The van der Waals surface area contributed by atoms with E-state index in [2.05, 4.69) is 6.58 Å². The van der Waals surface area contributed by atoms with Gasteiger partial charge in [-0.2, -0.15) is 0 Å². The maximum Gasteiger partial charge on any atom is 0.338 e. The van der Waals surface area contributed by atoms with Crippen LogP contribution < -0.4 is 0 Å². The molecule has 2 aromatic carbocycles. The summed E-state index contributed by atoms with van der Waals surface area (Å²) in [6.07, 6.45) is -0.535. The van der Waals surface area contributed by atoms with Crippen molar-refractivity contribution in [1.82, 2.24) is 0 Å². The van der Waals surface area contributed by atoms with E-state index >= 15 is 0 Å². The predicted molar refractivity (Wildman–Crippen MR) is 90.8 cm³/mol. The first-order valence-corrected chi connectivity index (χ1v) is 7.53. The van der Waals surface area contributed by atoms with Crippen LogP contribution in [0.4, 0.5) is 0 Å². The van der Waals surface area contributed by atoms with Crippen LogP contribution in [0, 0.1) is 0 Å². The highest BCUT2D eigenvalue weighted by molar-refractivity contribution is 6.04. The summed E-state index contributed by atoms with van der Waals surface area (Å²) in [5, 5.41) is 1.79. The van der Waals surface area contributed by atoms with Crippen LogP contribution in [-0.4, -0.2) is 38.4 Å². The summed E-state index contributed by atoms with van der Waals surface area (Å²) < 4.78 is 15.5. The summed E-state index contributed by atoms with van der Waals surface area (Å²) >= 11 is 0. The molecule has 2 rings (SSSR count). The van der Waals surface area contributed by atoms with Gasteiger partial charge < -0.3 is 14.2 Å². The Morgan fingerprint density at radius 3 is 2.42 bits per heavy atom. The predicted octanol–water partition coefficient (Wildman–Crippen LogP) is 3.13. The molecule has 0 N–H and O–H groups in total. The molecule has 0 fully saturated rings. The number of rotatable bonds is 7. The molecule has 0 aliphatic rings. The zero-order valence-corrected chi connectivity index (χ0v) is 13.8. The Morgan fingerprint density at radius 1 is 1.04 bits per heavy atom. The normalized spacial score (nSPS) is 11.8. The van der Waals surface area contributed by atoms with Crippen molar-refractivity contribution in [1.29, 1.82) is 0 Å². The largest absolute Gasteiger partial charge is 0.459 e. The van der Waals surface area contributed by atoms with Gasteiger partial charge in [-0.05, 0) is 23.8 Å². The Morgan fingerprint density at radius 2 is 1.71 bits per heavy atom. The lowest BCUT2D eigenvalue weighted by atomic mass is 10.1. The van der Waals surface area contributed by atoms with Crippen LogP contribution in [0.1, 0.15) is 17.3 Å². The Kier molecular flexibility index (Phi) is 6.09. The highest BCUT2D eigenvalue weighted by atomic mass is 16.6. The van der Waals surface area contributed by atoms with Crippen LogP contribution in [0.5, 0.6) is 0 Å². The maximum absolute atomic E-state index is 12.3. The van der Waals surface area contributed by atoms with Gasteiger partial charge in [-0.3, -0.25) is 0 Å². The molecule has 0 saturated carbocycles. The quantitative estimate of drug-likeness (QED) is 0.577. The molecule has 0 spiro atoms. The summed E-state index contributed by atoms with van der Waals surface area (Å²) in [7, 11) is 1.46. The van der Waals surface area contributed by atoms with Gasteiger partial charge in [0.05, 0.1) is 5.56 Å². The number of carbonyl (C=O) groups is 2. The highest BCUT2D eigenvalue weighted by Gasteiger charge is 2.16. The molecule has 24 heavy (non-hydrogen) atoms. The molecule has 0 bridgehead atoms. The zero-order valence-electron chi connectivity index (χ0n) is 13.8. The third kappa shape index (κ3) is 4.43. The Labute approximate surface area is 140 Å². The van der Waals surface area contributed by atoms with Crippen LogP contribution >= 0.6 is 0 Å². The summed E-state index contributed by atoms with van der Waals surface area (Å²) in [4.78, 5) is 23.7. The van der Waals surface area contributed by atoms with Crippen molar-refractivity contribution in [2.24, 2.45) is 0 Å². The van der Waals surface area contributed by atoms with E-state index in [0.717, 1.165) is 10.8 Å². The van der Waals surface area contributed by atoms with Crippen molar-refractivity contribution >= 4 is 22.7 Å². The van der Waals surface area contributed by atoms with Crippen molar-refractivity contribution in [2.45, 2.75) is 13.0 Å². The van der Waals surface area contributed by atoms with Gasteiger partial charge >= 0.3 is 11.9 Å². The van der Waals surface area contributed by atoms with Gasteiger partial charge in [0.15, 0.2) is 0 Å². The lowest BCUT2D eigenvalue weighted by Crippen LogP contribution is -2.27. The number of benzene rings is 2. The van der Waals surface area contributed by atoms with E-state index < -0.39 is 18.0 Å². The SMILES string of the molecule is C=C(C)C(=O)OCC(COC(=O)c1cccc2ccccc12)OC. The molecule has 5 nitrogen and oxygen atoms in total. The number of hydrogen-bond donors (Lipinski definition) is 0. The summed E-state index contributed by atoms with van der Waals surface area (Å²) in [5.41, 5.74) is 0.791. The second-order valence-electron chi connectivity index (χ2n) is 5.36. The molecule has 0 radical (unpaired) electrons. The van der Waals surface area contributed by atoms with Gasteiger partial charge in [-0.1, -0.05) is 43.0 Å². The molecule has 126 valence electrons. The molecule has 0 aliphatic carbocycles. The molecule has 5 heteroatoms. The molecule has 0 amide bonds. The Hall–Kier alpha value is -2.66. The molecule has 1 unspecified atom stereocenters. The smallest absolute Gasteiger partial charge is 0.338 e. The fourth-order valence-corrected chi connectivity index (χ4v) is 2.13. The minimum absolute atomic E-state index is 0.00892. The van der Waals surface area contributed by atoms with Crippen molar-refractivity contribution < 1.29 is 23.8 Å². The first-order chi connectivity index (χ1) is 11.5. The fraction of sp³-hybridized carbons (Fsp3) is 0.263. The highest BCUT2D eigenvalue weighted by Crippen LogP contribution is 2.19. The summed E-state index contributed by atoms with van der Waals surface area (Å²) in [6, 6.07) is 13.0. The van der Waals surface area contributed by atoms with Crippen molar-refractivity contribution in [3.05, 3.63) is 60.2 Å². The molecule has 0 aromatic heterocycles. The van der Waals surface area contributed by atoms with Crippen molar-refractivity contribution in [2.75, 3.05) is 20.3 Å². The lowest BCUT2D eigenvalue weighted by Gasteiger charge is -2.16. The summed E-state index contributed by atoms with van der Waals surface area (Å²) in [5.74, 6) is -0.947.